The van der Waals surface area contributed by atoms with Crippen molar-refractivity contribution in [1.29, 1.82) is 0 Å². The molecule has 25 heavy (non-hydrogen) atoms. The average molecular weight is 337 g/mol. The van der Waals surface area contributed by atoms with Crippen LogP contribution in [-0.4, -0.2) is 23.5 Å². The van der Waals surface area contributed by atoms with Gasteiger partial charge in [-0.05, 0) is 49.6 Å². The Kier molecular flexibility index (Phi) is 4.64. The van der Waals surface area contributed by atoms with Crippen LogP contribution in [0.2, 0.25) is 0 Å². The van der Waals surface area contributed by atoms with Gasteiger partial charge in [0.05, 0.1) is 19.3 Å². The highest BCUT2D eigenvalue weighted by atomic mass is 16.5. The molecule has 0 aromatic heterocycles. The Morgan fingerprint density at radius 2 is 2.04 bits per heavy atom. The second-order valence-corrected chi connectivity index (χ2v) is 6.96. The van der Waals surface area contributed by atoms with E-state index in [0.717, 1.165) is 23.2 Å². The second-order valence-electron chi connectivity index (χ2n) is 6.96. The number of aliphatic hydroxyl groups is 1. The summed E-state index contributed by atoms with van der Waals surface area (Å²) in [6.45, 7) is 4.19. The van der Waals surface area contributed by atoms with E-state index in [2.05, 4.69) is 19.2 Å². The highest BCUT2D eigenvalue weighted by Crippen LogP contribution is 2.31. The van der Waals surface area contributed by atoms with Crippen molar-refractivity contribution in [3.05, 3.63) is 70.8 Å². The third-order valence-electron chi connectivity index (χ3n) is 4.40. The topological polar surface area (TPSA) is 58.6 Å². The molecule has 3 rings (SSSR count). The van der Waals surface area contributed by atoms with Gasteiger partial charge < -0.3 is 15.2 Å². The summed E-state index contributed by atoms with van der Waals surface area (Å²) in [4.78, 5) is 12.8. The Morgan fingerprint density at radius 1 is 1.28 bits per heavy atom. The van der Waals surface area contributed by atoms with E-state index in [4.69, 9.17) is 4.74 Å². The highest BCUT2D eigenvalue weighted by Gasteiger charge is 2.28. The van der Waals surface area contributed by atoms with E-state index in [9.17, 15) is 9.90 Å². The number of benzene rings is 2. The Labute approximate surface area is 148 Å². The Balaban J connectivity index is 2.06. The fourth-order valence-corrected chi connectivity index (χ4v) is 3.25. The first-order valence-electron chi connectivity index (χ1n) is 8.34. The molecule has 0 radical (unpaired) electrons. The molecule has 0 aliphatic carbocycles. The molecule has 0 fully saturated rings. The summed E-state index contributed by atoms with van der Waals surface area (Å²) in [6.07, 6.45) is 2.48. The SMILES string of the molecule is COc1ccccc1C(=O)C=C1NC(C)(C)Cc2ccc(CO)cc21. The molecule has 0 amide bonds. The summed E-state index contributed by atoms with van der Waals surface area (Å²) >= 11 is 0. The van der Waals surface area contributed by atoms with E-state index in [-0.39, 0.29) is 17.9 Å². The standard InChI is InChI=1S/C21H23NO3/c1-21(2)12-15-9-8-14(13-23)10-17(15)18(22-21)11-19(24)16-6-4-5-7-20(16)25-3/h4-11,22-23H,12-13H2,1-3H3. The molecule has 0 saturated heterocycles. The van der Waals surface area contributed by atoms with Crippen LogP contribution in [0.3, 0.4) is 0 Å². The highest BCUT2D eigenvalue weighted by molar-refractivity contribution is 6.10. The first-order valence-corrected chi connectivity index (χ1v) is 8.34. The van der Waals surface area contributed by atoms with Crippen LogP contribution >= 0.6 is 0 Å². The normalized spacial score (nSPS) is 16.9. The maximum atomic E-state index is 12.8. The van der Waals surface area contributed by atoms with Gasteiger partial charge in [-0.15, -0.1) is 0 Å². The predicted octanol–water partition coefficient (Wildman–Crippen LogP) is 3.34. The number of carbonyl (C=O) groups excluding carboxylic acids is 1. The lowest BCUT2D eigenvalue weighted by Gasteiger charge is -2.36. The van der Waals surface area contributed by atoms with E-state index < -0.39 is 0 Å². The maximum absolute atomic E-state index is 12.8. The summed E-state index contributed by atoms with van der Waals surface area (Å²) in [5, 5.41) is 12.9. The van der Waals surface area contributed by atoms with Crippen LogP contribution in [0.1, 0.15) is 40.9 Å². The summed E-state index contributed by atoms with van der Waals surface area (Å²) in [7, 11) is 1.56. The molecule has 4 nitrogen and oxygen atoms in total. The number of methoxy groups -OCH3 is 1. The molecule has 130 valence electrons. The zero-order valence-corrected chi connectivity index (χ0v) is 14.8. The maximum Gasteiger partial charge on any atom is 0.191 e. The average Bonchev–Trinajstić information content (AvgIpc) is 2.60. The zero-order valence-electron chi connectivity index (χ0n) is 14.8. The van der Waals surface area contributed by atoms with Crippen molar-refractivity contribution in [1.82, 2.24) is 5.32 Å². The molecule has 0 atom stereocenters. The van der Waals surface area contributed by atoms with Crippen molar-refractivity contribution < 1.29 is 14.6 Å². The molecule has 1 aliphatic rings. The van der Waals surface area contributed by atoms with Gasteiger partial charge in [0.1, 0.15) is 5.75 Å². The number of allylic oxidation sites excluding steroid dienone is 1. The molecular formula is C21H23NO3. The van der Waals surface area contributed by atoms with E-state index in [1.165, 1.54) is 5.56 Å². The minimum Gasteiger partial charge on any atom is -0.496 e. The van der Waals surface area contributed by atoms with Crippen molar-refractivity contribution in [2.24, 2.45) is 0 Å². The number of carbonyl (C=O) groups is 1. The van der Waals surface area contributed by atoms with Gasteiger partial charge in [0, 0.05) is 22.9 Å². The molecule has 2 N–H and O–H groups in total. The van der Waals surface area contributed by atoms with Gasteiger partial charge in [0.2, 0.25) is 0 Å². The first kappa shape index (κ1) is 17.2. The van der Waals surface area contributed by atoms with Gasteiger partial charge in [-0.3, -0.25) is 4.79 Å². The van der Waals surface area contributed by atoms with Gasteiger partial charge in [-0.25, -0.2) is 0 Å². The summed E-state index contributed by atoms with van der Waals surface area (Å²) in [5.74, 6) is 0.446. The Hall–Kier alpha value is -2.59. The number of hydrogen-bond acceptors (Lipinski definition) is 4. The first-order chi connectivity index (χ1) is 11.9. The number of fused-ring (bicyclic) bond motifs is 1. The summed E-state index contributed by atoms with van der Waals surface area (Å²) in [5.41, 5.74) is 4.12. The smallest absolute Gasteiger partial charge is 0.191 e. The van der Waals surface area contributed by atoms with Crippen LogP contribution in [-0.2, 0) is 13.0 Å². The van der Waals surface area contributed by atoms with Crippen LogP contribution in [0, 0.1) is 0 Å². The largest absolute Gasteiger partial charge is 0.496 e. The minimum absolute atomic E-state index is 0.0234. The van der Waals surface area contributed by atoms with Crippen molar-refractivity contribution in [3.63, 3.8) is 0 Å². The third kappa shape index (κ3) is 3.59. The van der Waals surface area contributed by atoms with Crippen molar-refractivity contribution in [3.8, 4) is 5.75 Å². The monoisotopic (exact) mass is 337 g/mol. The molecule has 2 aromatic carbocycles. The Bertz CT molecular complexity index is 837. The Morgan fingerprint density at radius 3 is 2.76 bits per heavy atom. The van der Waals surface area contributed by atoms with Crippen LogP contribution < -0.4 is 10.1 Å². The van der Waals surface area contributed by atoms with Crippen LogP contribution in [0.15, 0.2) is 48.5 Å². The number of ether oxygens (including phenoxy) is 1. The van der Waals surface area contributed by atoms with Crippen LogP contribution in [0.25, 0.3) is 5.70 Å². The van der Waals surface area contributed by atoms with E-state index in [0.29, 0.717) is 11.3 Å². The third-order valence-corrected chi connectivity index (χ3v) is 4.40. The number of rotatable bonds is 4. The fourth-order valence-electron chi connectivity index (χ4n) is 3.25. The molecule has 0 spiro atoms. The van der Waals surface area contributed by atoms with Gasteiger partial charge in [-0.1, -0.05) is 24.3 Å². The quantitative estimate of drug-likeness (QED) is 0.664. The number of hydrogen-bond donors (Lipinski definition) is 2. The van der Waals surface area contributed by atoms with Crippen LogP contribution in [0.4, 0.5) is 0 Å². The number of nitrogens with one attached hydrogen (secondary N) is 1. The lowest BCUT2D eigenvalue weighted by molar-refractivity contribution is 0.104. The lowest BCUT2D eigenvalue weighted by Crippen LogP contribution is -2.43. The summed E-state index contributed by atoms with van der Waals surface area (Å²) in [6, 6.07) is 13.1. The molecule has 1 heterocycles. The molecule has 4 heteroatoms. The lowest BCUT2D eigenvalue weighted by atomic mass is 9.84. The minimum atomic E-state index is -0.152. The molecule has 0 bridgehead atoms. The molecule has 0 unspecified atom stereocenters. The molecule has 2 aromatic rings. The van der Waals surface area contributed by atoms with E-state index >= 15 is 0 Å². The van der Waals surface area contributed by atoms with Gasteiger partial charge in [0.15, 0.2) is 5.78 Å². The molecule has 1 aliphatic heterocycles. The fraction of sp³-hybridized carbons (Fsp3) is 0.286. The van der Waals surface area contributed by atoms with Crippen molar-refractivity contribution in [2.45, 2.75) is 32.4 Å². The molecular weight excluding hydrogens is 314 g/mol. The molecule has 0 saturated carbocycles. The second kappa shape index (κ2) is 6.73. The zero-order chi connectivity index (χ0) is 18.0. The van der Waals surface area contributed by atoms with Crippen molar-refractivity contribution in [2.75, 3.05) is 7.11 Å². The summed E-state index contributed by atoms with van der Waals surface area (Å²) < 4.78 is 5.30. The van der Waals surface area contributed by atoms with E-state index in [1.54, 1.807) is 25.3 Å². The predicted molar refractivity (Wildman–Crippen MR) is 98.6 cm³/mol. The van der Waals surface area contributed by atoms with E-state index in [1.807, 2.05) is 30.3 Å². The van der Waals surface area contributed by atoms with Gasteiger partial charge in [-0.2, -0.15) is 0 Å². The van der Waals surface area contributed by atoms with Gasteiger partial charge in [0.25, 0.3) is 0 Å². The number of aliphatic hydroxyl groups excluding tert-OH is 1. The number of para-hydroxylation sites is 1. The van der Waals surface area contributed by atoms with Crippen LogP contribution in [0.5, 0.6) is 5.75 Å². The number of ketones is 1. The van der Waals surface area contributed by atoms with Crippen molar-refractivity contribution >= 4 is 11.5 Å². The van der Waals surface area contributed by atoms with Gasteiger partial charge >= 0.3 is 0 Å².